The number of hydrogen-bond acceptors (Lipinski definition) is 2. The smallest absolute Gasteiger partial charge is 0.188 e. The molecule has 2 nitrogen and oxygen atoms in total. The molecule has 1 aromatic carbocycles. The zero-order valence-corrected chi connectivity index (χ0v) is 9.46. The maximum atomic E-state index is 11.6. The van der Waals surface area contributed by atoms with Crippen LogP contribution in [0.1, 0.15) is 29.8 Å². The average molecular weight is 204 g/mol. The molecule has 0 bridgehead atoms. The first-order chi connectivity index (χ1) is 7.06. The van der Waals surface area contributed by atoms with Crippen molar-refractivity contribution in [3.8, 4) is 5.75 Å². The van der Waals surface area contributed by atoms with Crippen molar-refractivity contribution in [1.29, 1.82) is 0 Å². The van der Waals surface area contributed by atoms with Crippen LogP contribution >= 0.6 is 0 Å². The van der Waals surface area contributed by atoms with Gasteiger partial charge in [-0.25, -0.2) is 0 Å². The summed E-state index contributed by atoms with van der Waals surface area (Å²) in [6, 6.07) is 5.44. The zero-order valence-electron chi connectivity index (χ0n) is 9.46. The molecule has 0 heterocycles. The molecule has 0 aliphatic carbocycles. The van der Waals surface area contributed by atoms with Crippen molar-refractivity contribution in [2.24, 2.45) is 0 Å². The lowest BCUT2D eigenvalue weighted by Crippen LogP contribution is -2.01. The van der Waals surface area contributed by atoms with Gasteiger partial charge in [-0.2, -0.15) is 0 Å². The number of rotatable bonds is 4. The first kappa shape index (κ1) is 11.5. The second kappa shape index (κ2) is 4.78. The number of carbonyl (C=O) groups is 1. The van der Waals surface area contributed by atoms with Gasteiger partial charge in [0.05, 0.1) is 6.61 Å². The van der Waals surface area contributed by atoms with Gasteiger partial charge in [0.2, 0.25) is 0 Å². The summed E-state index contributed by atoms with van der Waals surface area (Å²) in [6.07, 6.45) is 0. The van der Waals surface area contributed by atoms with Crippen molar-refractivity contribution in [2.45, 2.75) is 20.8 Å². The highest BCUT2D eigenvalue weighted by atomic mass is 16.5. The fourth-order valence-corrected chi connectivity index (χ4v) is 1.35. The van der Waals surface area contributed by atoms with Crippen molar-refractivity contribution in [3.63, 3.8) is 0 Å². The molecule has 15 heavy (non-hydrogen) atoms. The number of allylic oxidation sites excluding steroid dienone is 1. The van der Waals surface area contributed by atoms with Crippen LogP contribution < -0.4 is 4.74 Å². The molecule has 2 heteroatoms. The van der Waals surface area contributed by atoms with Gasteiger partial charge in [-0.1, -0.05) is 6.58 Å². The normalized spacial score (nSPS) is 9.80. The van der Waals surface area contributed by atoms with Crippen molar-refractivity contribution in [2.75, 3.05) is 6.61 Å². The van der Waals surface area contributed by atoms with E-state index >= 15 is 0 Å². The molecule has 0 saturated carbocycles. The molecule has 0 aliphatic heterocycles. The highest BCUT2D eigenvalue weighted by molar-refractivity contribution is 6.08. The molecular weight excluding hydrogens is 188 g/mol. The predicted octanol–water partition coefficient (Wildman–Crippen LogP) is 3.15. The number of Topliss-reactive ketones (excluding diaryl/α,β-unsaturated/α-hetero) is 1. The van der Waals surface area contributed by atoms with E-state index in [9.17, 15) is 4.79 Å². The third-order valence-corrected chi connectivity index (χ3v) is 2.12. The Bertz CT molecular complexity index is 392. The first-order valence-corrected chi connectivity index (χ1v) is 5.00. The summed E-state index contributed by atoms with van der Waals surface area (Å²) in [5.41, 5.74) is 2.20. The molecule has 0 unspecified atom stereocenters. The molecule has 1 rings (SSSR count). The van der Waals surface area contributed by atoms with E-state index in [1.807, 2.05) is 26.0 Å². The monoisotopic (exact) mass is 204 g/mol. The minimum absolute atomic E-state index is 0.0128. The summed E-state index contributed by atoms with van der Waals surface area (Å²) in [5, 5.41) is 0. The van der Waals surface area contributed by atoms with Gasteiger partial charge in [0, 0.05) is 5.56 Å². The SMILES string of the molecule is C=C(C)C(=O)c1ccc(OCC)c(C)c1. The minimum atomic E-state index is -0.0128. The van der Waals surface area contributed by atoms with Gasteiger partial charge in [0.25, 0.3) is 0 Å². The molecule has 0 spiro atoms. The quantitative estimate of drug-likeness (QED) is 0.556. The summed E-state index contributed by atoms with van der Waals surface area (Å²) < 4.78 is 5.40. The molecule has 0 radical (unpaired) electrons. The van der Waals surface area contributed by atoms with E-state index in [4.69, 9.17) is 4.74 Å². The number of hydrogen-bond donors (Lipinski definition) is 0. The topological polar surface area (TPSA) is 26.3 Å². The summed E-state index contributed by atoms with van der Waals surface area (Å²) in [4.78, 5) is 11.6. The largest absolute Gasteiger partial charge is 0.494 e. The van der Waals surface area contributed by atoms with Crippen molar-refractivity contribution in [1.82, 2.24) is 0 Å². The molecule has 0 N–H and O–H groups in total. The Morgan fingerprint density at radius 1 is 1.47 bits per heavy atom. The van der Waals surface area contributed by atoms with Crippen molar-refractivity contribution < 1.29 is 9.53 Å². The summed E-state index contributed by atoms with van der Waals surface area (Å²) >= 11 is 0. The van der Waals surface area contributed by atoms with Gasteiger partial charge in [-0.05, 0) is 50.1 Å². The van der Waals surface area contributed by atoms with Crippen molar-refractivity contribution >= 4 is 5.78 Å². The van der Waals surface area contributed by atoms with Gasteiger partial charge < -0.3 is 4.74 Å². The fraction of sp³-hybridized carbons (Fsp3) is 0.308. The van der Waals surface area contributed by atoms with Crippen molar-refractivity contribution in [3.05, 3.63) is 41.5 Å². The molecule has 0 atom stereocenters. The van der Waals surface area contributed by atoms with Crippen LogP contribution in [-0.4, -0.2) is 12.4 Å². The Kier molecular flexibility index (Phi) is 3.67. The van der Waals surface area contributed by atoms with Crippen LogP contribution in [0.15, 0.2) is 30.4 Å². The van der Waals surface area contributed by atoms with Crippen LogP contribution in [0, 0.1) is 6.92 Å². The lowest BCUT2D eigenvalue weighted by Gasteiger charge is -2.08. The summed E-state index contributed by atoms with van der Waals surface area (Å²) in [7, 11) is 0. The van der Waals surface area contributed by atoms with Crippen LogP contribution in [0.5, 0.6) is 5.75 Å². The maximum Gasteiger partial charge on any atom is 0.188 e. The average Bonchev–Trinajstić information content (AvgIpc) is 2.20. The molecular formula is C13H16O2. The number of carbonyl (C=O) groups excluding carboxylic acids is 1. The standard InChI is InChI=1S/C13H16O2/c1-5-15-12-7-6-11(8-10(12)4)13(14)9(2)3/h6-8H,2,5H2,1,3-4H3. The van der Waals surface area contributed by atoms with E-state index in [0.717, 1.165) is 11.3 Å². The summed E-state index contributed by atoms with van der Waals surface area (Å²) in [6.45, 7) is 9.86. The van der Waals surface area contributed by atoms with E-state index in [1.165, 1.54) is 0 Å². The fourth-order valence-electron chi connectivity index (χ4n) is 1.35. The van der Waals surface area contributed by atoms with E-state index in [1.54, 1.807) is 13.0 Å². The molecule has 0 amide bonds. The second-order valence-corrected chi connectivity index (χ2v) is 3.52. The van der Waals surface area contributed by atoms with Crippen LogP contribution in [0.4, 0.5) is 0 Å². The third-order valence-electron chi connectivity index (χ3n) is 2.12. The maximum absolute atomic E-state index is 11.6. The number of ketones is 1. The lowest BCUT2D eigenvalue weighted by molar-refractivity contribution is 0.103. The lowest BCUT2D eigenvalue weighted by atomic mass is 10.0. The van der Waals surface area contributed by atoms with Gasteiger partial charge >= 0.3 is 0 Å². The predicted molar refractivity (Wildman–Crippen MR) is 61.5 cm³/mol. The third kappa shape index (κ3) is 2.69. The minimum Gasteiger partial charge on any atom is -0.494 e. The first-order valence-electron chi connectivity index (χ1n) is 5.00. The molecule has 0 aliphatic rings. The van der Waals surface area contributed by atoms with Gasteiger partial charge in [0.15, 0.2) is 5.78 Å². The molecule has 1 aromatic rings. The van der Waals surface area contributed by atoms with E-state index in [0.29, 0.717) is 17.7 Å². The molecule has 80 valence electrons. The number of aryl methyl sites for hydroxylation is 1. The van der Waals surface area contributed by atoms with E-state index in [-0.39, 0.29) is 5.78 Å². The molecule has 0 fully saturated rings. The zero-order chi connectivity index (χ0) is 11.4. The number of benzene rings is 1. The molecule has 0 saturated heterocycles. The Morgan fingerprint density at radius 3 is 2.60 bits per heavy atom. The van der Waals surface area contributed by atoms with E-state index in [2.05, 4.69) is 6.58 Å². The highest BCUT2D eigenvalue weighted by Crippen LogP contribution is 2.20. The Hall–Kier alpha value is -1.57. The van der Waals surface area contributed by atoms with Crippen LogP contribution in [0.2, 0.25) is 0 Å². The number of ether oxygens (including phenoxy) is 1. The van der Waals surface area contributed by atoms with Crippen LogP contribution in [0.3, 0.4) is 0 Å². The van der Waals surface area contributed by atoms with Gasteiger partial charge in [-0.3, -0.25) is 4.79 Å². The molecule has 0 aromatic heterocycles. The Balaban J connectivity index is 3.01. The van der Waals surface area contributed by atoms with Crippen LogP contribution in [0.25, 0.3) is 0 Å². The Labute approximate surface area is 90.6 Å². The second-order valence-electron chi connectivity index (χ2n) is 3.52. The Morgan fingerprint density at radius 2 is 2.13 bits per heavy atom. The van der Waals surface area contributed by atoms with Crippen LogP contribution in [-0.2, 0) is 0 Å². The summed E-state index contributed by atoms with van der Waals surface area (Å²) in [5.74, 6) is 0.817. The van der Waals surface area contributed by atoms with Gasteiger partial charge in [-0.15, -0.1) is 0 Å². The van der Waals surface area contributed by atoms with E-state index < -0.39 is 0 Å². The highest BCUT2D eigenvalue weighted by Gasteiger charge is 2.08. The van der Waals surface area contributed by atoms with Gasteiger partial charge in [0.1, 0.15) is 5.75 Å².